The molecule has 0 aliphatic heterocycles. The van der Waals surface area contributed by atoms with Crippen molar-refractivity contribution in [3.8, 4) is 0 Å². The average molecular weight is 185 g/mol. The van der Waals surface area contributed by atoms with Gasteiger partial charge in [-0.25, -0.2) is 11.5 Å². The molecule has 0 rings (SSSR count). The maximum absolute atomic E-state index is 9.76. The molecule has 0 aliphatic carbocycles. The minimum absolute atomic E-state index is 0.190. The van der Waals surface area contributed by atoms with Crippen molar-refractivity contribution < 1.29 is 14.1 Å². The molecule has 0 aliphatic rings. The first kappa shape index (κ1) is 12.4. The summed E-state index contributed by atoms with van der Waals surface area (Å²) in [5.41, 5.74) is 4.94. The molecule has 5 nitrogen and oxygen atoms in total. The third-order valence-electron chi connectivity index (χ3n) is 0.514. The summed E-state index contributed by atoms with van der Waals surface area (Å²) in [6, 6.07) is -0.816. The lowest BCUT2D eigenvalue weighted by atomic mass is 10.4. The summed E-state index contributed by atoms with van der Waals surface area (Å²) in [4.78, 5) is 9.76. The molecule has 0 saturated carbocycles. The van der Waals surface area contributed by atoms with Crippen LogP contribution in [-0.4, -0.2) is 22.9 Å². The molecule has 0 aromatic carbocycles. The fourth-order valence-electron chi connectivity index (χ4n) is 0.0781. The van der Waals surface area contributed by atoms with Crippen molar-refractivity contribution in [3.63, 3.8) is 0 Å². The Bertz CT molecular complexity index is 134. The summed E-state index contributed by atoms with van der Waals surface area (Å²) >= 11 is 3.07. The van der Waals surface area contributed by atoms with E-state index in [1.807, 2.05) is 0 Å². The van der Waals surface area contributed by atoms with Gasteiger partial charge in [-0.05, 0) is 0 Å². The summed E-state index contributed by atoms with van der Waals surface area (Å²) in [5, 5.41) is 8.01. The van der Waals surface area contributed by atoms with Gasteiger partial charge >= 0.3 is 5.97 Å². The van der Waals surface area contributed by atoms with Gasteiger partial charge in [0.25, 0.3) is 0 Å². The lowest BCUT2D eigenvalue weighted by Gasteiger charge is -1.96. The predicted molar refractivity (Wildman–Crippen MR) is 41.6 cm³/mol. The number of carbonyl (C=O) groups is 1. The van der Waals surface area contributed by atoms with Crippen LogP contribution in [0.2, 0.25) is 0 Å². The second-order valence-electron chi connectivity index (χ2n) is 1.22. The van der Waals surface area contributed by atoms with Gasteiger partial charge in [0.1, 0.15) is 6.04 Å². The van der Waals surface area contributed by atoms with E-state index >= 15 is 0 Å². The van der Waals surface area contributed by atoms with Crippen LogP contribution >= 0.6 is 12.6 Å². The molecule has 0 saturated heterocycles. The van der Waals surface area contributed by atoms with Crippen LogP contribution in [0.3, 0.4) is 0 Å². The van der Waals surface area contributed by atoms with E-state index in [4.69, 9.17) is 19.8 Å². The smallest absolute Gasteiger partial charge is 0.321 e. The van der Waals surface area contributed by atoms with E-state index in [1.54, 1.807) is 0 Å². The summed E-state index contributed by atoms with van der Waals surface area (Å²) in [6.45, 7) is 0. The molecule has 0 unspecified atom stereocenters. The van der Waals surface area contributed by atoms with Crippen LogP contribution in [0.15, 0.2) is 0 Å². The van der Waals surface area contributed by atoms with Gasteiger partial charge in [0, 0.05) is 5.75 Å². The molecule has 0 bridgehead atoms. The Morgan fingerprint density at radius 2 is 2.20 bits per heavy atom. The summed E-state index contributed by atoms with van der Waals surface area (Å²) in [5.74, 6) is -0.815. The van der Waals surface area contributed by atoms with Gasteiger partial charge in [-0.1, -0.05) is 0 Å². The number of nitrogens with two attached hydrogens (primary N) is 1. The van der Waals surface area contributed by atoms with Gasteiger partial charge in [0.2, 0.25) is 0 Å². The third kappa shape index (κ3) is 10.7. The van der Waals surface area contributed by atoms with Crippen molar-refractivity contribution in [2.45, 2.75) is 6.04 Å². The average Bonchev–Trinajstić information content (AvgIpc) is 1.88. The van der Waals surface area contributed by atoms with Gasteiger partial charge in [-0.3, -0.25) is 4.79 Å². The van der Waals surface area contributed by atoms with Gasteiger partial charge in [0.05, 0.1) is 0 Å². The standard InChI is InChI=1S/C3H7NO2S.H2NOS/c4-2(1-7)3(5)6;1-3-2/h2,7H,1,4H2,(H,5,6);1,3H/q;-1/t2-;/m0./s1. The fraction of sp³-hybridized carbons (Fsp3) is 0.667. The van der Waals surface area contributed by atoms with E-state index in [2.05, 4.69) is 12.6 Å². The van der Waals surface area contributed by atoms with E-state index in [0.717, 1.165) is 0 Å². The number of hydrogen-bond acceptors (Lipinski definition) is 6. The van der Waals surface area contributed by atoms with E-state index in [0.29, 0.717) is 0 Å². The zero-order chi connectivity index (χ0) is 8.57. The Balaban J connectivity index is 0. The minimum Gasteiger partial charge on any atom is -0.480 e. The first-order valence-electron chi connectivity index (χ1n) is 2.18. The SMILES string of the molecule is N=[SH-]=O.N[C@@H](CS)C(=O)O. The Kier molecular flexibility index (Phi) is 10.8. The summed E-state index contributed by atoms with van der Waals surface area (Å²) < 4.78 is 14.2. The lowest BCUT2D eigenvalue weighted by molar-refractivity contribution is -0.137. The van der Waals surface area contributed by atoms with Crippen molar-refractivity contribution in [3.05, 3.63) is 0 Å². The molecular formula is C3H9N2O3S2-. The van der Waals surface area contributed by atoms with Crippen molar-refractivity contribution >= 4 is 30.1 Å². The normalized spacial score (nSPS) is 11.0. The highest BCUT2D eigenvalue weighted by Gasteiger charge is 2.06. The molecule has 1 atom stereocenters. The first-order valence-corrected chi connectivity index (χ1v) is 3.63. The first-order chi connectivity index (χ1) is 4.59. The van der Waals surface area contributed by atoms with Gasteiger partial charge in [-0.2, -0.15) is 12.6 Å². The van der Waals surface area contributed by atoms with E-state index in [-0.39, 0.29) is 5.75 Å². The number of nitrogens with one attached hydrogen (secondary N) is 1. The highest BCUT2D eigenvalue weighted by atomic mass is 32.1. The van der Waals surface area contributed by atoms with Crippen LogP contribution in [0.25, 0.3) is 0 Å². The highest BCUT2D eigenvalue weighted by molar-refractivity contribution is 7.80. The zero-order valence-corrected chi connectivity index (χ0v) is 6.81. The molecule has 0 radical (unpaired) electrons. The number of hydrogen-bond donors (Lipinski definition) is 4. The van der Waals surface area contributed by atoms with Crippen molar-refractivity contribution in [2.24, 2.45) is 5.73 Å². The topological polar surface area (TPSA) is 104 Å². The lowest BCUT2D eigenvalue weighted by Crippen LogP contribution is -2.31. The molecule has 0 amide bonds. The van der Waals surface area contributed by atoms with Gasteiger partial charge in [0.15, 0.2) is 0 Å². The quantitative estimate of drug-likeness (QED) is 0.335. The molecule has 0 aromatic rings. The zero-order valence-electron chi connectivity index (χ0n) is 5.02. The summed E-state index contributed by atoms with van der Waals surface area (Å²) in [7, 11) is 0. The van der Waals surface area contributed by atoms with Crippen molar-refractivity contribution in [2.75, 3.05) is 5.75 Å². The molecule has 62 valence electrons. The van der Waals surface area contributed by atoms with Crippen LogP contribution in [0.1, 0.15) is 0 Å². The molecule has 10 heavy (non-hydrogen) atoms. The van der Waals surface area contributed by atoms with Crippen molar-refractivity contribution in [1.82, 2.24) is 0 Å². The van der Waals surface area contributed by atoms with Crippen LogP contribution in [-0.2, 0) is 20.5 Å². The Labute approximate surface area is 67.1 Å². The molecule has 0 spiro atoms. The van der Waals surface area contributed by atoms with Crippen LogP contribution < -0.4 is 5.73 Å². The van der Waals surface area contributed by atoms with Crippen LogP contribution in [0, 0.1) is 4.78 Å². The molecular weight excluding hydrogens is 176 g/mol. The maximum Gasteiger partial charge on any atom is 0.321 e. The van der Waals surface area contributed by atoms with Gasteiger partial charge in [-0.15, -0.1) is 0 Å². The maximum atomic E-state index is 9.76. The largest absolute Gasteiger partial charge is 0.480 e. The van der Waals surface area contributed by atoms with Crippen LogP contribution in [0.4, 0.5) is 0 Å². The molecule has 0 fully saturated rings. The second-order valence-corrected chi connectivity index (χ2v) is 1.77. The molecule has 0 heterocycles. The Morgan fingerprint density at radius 1 is 1.90 bits per heavy atom. The molecule has 0 aromatic heterocycles. The number of carboxylic acids is 1. The van der Waals surface area contributed by atoms with Crippen LogP contribution in [0.5, 0.6) is 0 Å². The Hall–Kier alpha value is -0.270. The third-order valence-corrected chi connectivity index (χ3v) is 0.907. The van der Waals surface area contributed by atoms with E-state index in [1.165, 1.54) is 0 Å². The monoisotopic (exact) mass is 185 g/mol. The number of aliphatic carboxylic acids is 1. The Morgan fingerprint density at radius 3 is 2.20 bits per heavy atom. The highest BCUT2D eigenvalue weighted by Crippen LogP contribution is 1.80. The van der Waals surface area contributed by atoms with Crippen molar-refractivity contribution in [1.29, 1.82) is 4.78 Å². The number of rotatable bonds is 2. The number of carboxylic acid groups (broad SMARTS) is 1. The fourth-order valence-corrected chi connectivity index (χ4v) is 0.234. The minimum atomic E-state index is -1.00. The number of thiol groups is 2. The summed E-state index contributed by atoms with van der Waals surface area (Å²) in [6.07, 6.45) is 0. The second kappa shape index (κ2) is 8.73. The molecule has 7 heteroatoms. The van der Waals surface area contributed by atoms with E-state index < -0.39 is 23.5 Å². The molecule has 4 N–H and O–H groups in total. The predicted octanol–water partition coefficient (Wildman–Crippen LogP) is -0.763. The van der Waals surface area contributed by atoms with E-state index in [9.17, 15) is 4.79 Å². The van der Waals surface area contributed by atoms with Gasteiger partial charge < -0.3 is 19.8 Å².